The van der Waals surface area contributed by atoms with Gasteiger partial charge in [0.05, 0.1) is 19.8 Å². The number of rotatable bonds is 4. The van der Waals surface area contributed by atoms with Crippen molar-refractivity contribution in [1.29, 1.82) is 0 Å². The van der Waals surface area contributed by atoms with Gasteiger partial charge in [0.25, 0.3) is 5.91 Å². The minimum absolute atomic E-state index is 0.148. The lowest BCUT2D eigenvalue weighted by Crippen LogP contribution is -2.57. The summed E-state index contributed by atoms with van der Waals surface area (Å²) in [5, 5.41) is 17.6. The summed E-state index contributed by atoms with van der Waals surface area (Å²) in [6, 6.07) is 11.4. The average Bonchev–Trinajstić information content (AvgIpc) is 2.62. The topological polar surface area (TPSA) is 75.5 Å². The molecule has 24 heavy (non-hydrogen) atoms. The summed E-state index contributed by atoms with van der Waals surface area (Å²) >= 11 is 0. The normalized spacial score (nSPS) is 20.8. The zero-order valence-corrected chi connectivity index (χ0v) is 13.7. The first kappa shape index (κ1) is 16.5. The summed E-state index contributed by atoms with van der Waals surface area (Å²) < 4.78 is 5.89. The van der Waals surface area contributed by atoms with Crippen LogP contribution in [0.4, 0.5) is 0 Å². The van der Waals surface area contributed by atoms with Gasteiger partial charge < -0.3 is 14.7 Å². The van der Waals surface area contributed by atoms with Crippen molar-refractivity contribution in [3.8, 4) is 0 Å². The second-order valence-electron chi connectivity index (χ2n) is 6.19. The molecule has 1 atom stereocenters. The molecule has 1 aliphatic heterocycles. The summed E-state index contributed by atoms with van der Waals surface area (Å²) in [5.74, 6) is -0.187. The number of hydrogen-bond donors (Lipinski definition) is 1. The largest absolute Gasteiger partial charge is 0.393 e. The van der Waals surface area contributed by atoms with Crippen LogP contribution in [0.1, 0.15) is 21.6 Å². The Bertz CT molecular complexity index is 708. The zero-order valence-electron chi connectivity index (χ0n) is 13.7. The van der Waals surface area contributed by atoms with Gasteiger partial charge in [-0.1, -0.05) is 29.8 Å². The average molecular weight is 327 g/mol. The predicted molar refractivity (Wildman–Crippen MR) is 88.6 cm³/mol. The van der Waals surface area contributed by atoms with Crippen molar-refractivity contribution in [3.05, 3.63) is 59.4 Å². The lowest BCUT2D eigenvalue weighted by molar-refractivity contribution is -0.123. The summed E-state index contributed by atoms with van der Waals surface area (Å²) in [6.45, 7) is 3.07. The molecule has 0 bridgehead atoms. The fourth-order valence-electron chi connectivity index (χ4n) is 3.05. The molecule has 6 nitrogen and oxygen atoms in total. The smallest absolute Gasteiger partial charge is 0.274 e. The van der Waals surface area contributed by atoms with E-state index in [1.807, 2.05) is 25.1 Å². The Labute approximate surface area is 141 Å². The van der Waals surface area contributed by atoms with Crippen LogP contribution in [-0.2, 0) is 11.2 Å². The summed E-state index contributed by atoms with van der Waals surface area (Å²) in [7, 11) is 0. The molecule has 2 heterocycles. The number of ether oxygens (including phenoxy) is 1. The zero-order chi connectivity index (χ0) is 17.0. The highest BCUT2D eigenvalue weighted by atomic mass is 16.5. The van der Waals surface area contributed by atoms with Crippen molar-refractivity contribution in [3.63, 3.8) is 0 Å². The minimum atomic E-state index is -0.788. The highest BCUT2D eigenvalue weighted by molar-refractivity contribution is 5.92. The molecule has 0 spiro atoms. The predicted octanol–water partition coefficient (Wildman–Crippen LogP) is 1.23. The molecule has 2 aromatic rings. The Hall–Kier alpha value is -2.31. The van der Waals surface area contributed by atoms with Crippen LogP contribution in [0, 0.1) is 6.92 Å². The molecular formula is C18H21N3O3. The minimum Gasteiger partial charge on any atom is -0.393 e. The standard InChI is InChI=1S/C18H21N3O3/c1-14-4-2-5-15(10-14)11-18(13-22)12-21(8-9-24-18)17(23)16-6-3-7-19-20-16/h2-7,10,22H,8-9,11-13H2,1H3/t18-/m0/s1. The quantitative estimate of drug-likeness (QED) is 0.914. The maximum atomic E-state index is 12.6. The van der Waals surface area contributed by atoms with Gasteiger partial charge >= 0.3 is 0 Å². The number of aliphatic hydroxyl groups excluding tert-OH is 1. The maximum Gasteiger partial charge on any atom is 0.274 e. The van der Waals surface area contributed by atoms with Crippen LogP contribution in [0.2, 0.25) is 0 Å². The van der Waals surface area contributed by atoms with Crippen molar-refractivity contribution in [2.24, 2.45) is 0 Å². The summed E-state index contributed by atoms with van der Waals surface area (Å²) in [4.78, 5) is 14.3. The Kier molecular flexibility index (Phi) is 4.87. The van der Waals surface area contributed by atoms with E-state index in [2.05, 4.69) is 16.3 Å². The third-order valence-electron chi connectivity index (χ3n) is 4.22. The molecule has 1 aromatic carbocycles. The van der Waals surface area contributed by atoms with Crippen molar-refractivity contribution < 1.29 is 14.6 Å². The highest BCUT2D eigenvalue weighted by Gasteiger charge is 2.38. The molecule has 126 valence electrons. The van der Waals surface area contributed by atoms with E-state index in [0.29, 0.717) is 31.8 Å². The van der Waals surface area contributed by atoms with Gasteiger partial charge in [-0.3, -0.25) is 4.79 Å². The molecule has 1 amide bonds. The molecule has 0 aliphatic carbocycles. The number of amides is 1. The monoisotopic (exact) mass is 327 g/mol. The molecule has 0 radical (unpaired) electrons. The van der Waals surface area contributed by atoms with Crippen molar-refractivity contribution in [1.82, 2.24) is 15.1 Å². The molecule has 0 unspecified atom stereocenters. The Morgan fingerprint density at radius 2 is 2.25 bits per heavy atom. The molecule has 6 heteroatoms. The first-order valence-electron chi connectivity index (χ1n) is 7.99. The van der Waals surface area contributed by atoms with Crippen LogP contribution >= 0.6 is 0 Å². The van der Waals surface area contributed by atoms with Crippen LogP contribution in [0.15, 0.2) is 42.6 Å². The Balaban J connectivity index is 1.78. The third kappa shape index (κ3) is 3.60. The molecule has 1 aliphatic rings. The Morgan fingerprint density at radius 1 is 1.38 bits per heavy atom. The number of benzene rings is 1. The molecule has 1 aromatic heterocycles. The second-order valence-corrected chi connectivity index (χ2v) is 6.19. The number of morpholine rings is 1. The molecule has 1 fully saturated rings. The van der Waals surface area contributed by atoms with Gasteiger partial charge in [0.2, 0.25) is 0 Å². The lowest BCUT2D eigenvalue weighted by atomic mass is 9.92. The third-order valence-corrected chi connectivity index (χ3v) is 4.22. The number of hydrogen-bond acceptors (Lipinski definition) is 5. The van der Waals surface area contributed by atoms with Crippen molar-refractivity contribution in [2.45, 2.75) is 18.9 Å². The molecular weight excluding hydrogens is 306 g/mol. The van der Waals surface area contributed by atoms with Crippen molar-refractivity contribution in [2.75, 3.05) is 26.3 Å². The number of carbonyl (C=O) groups excluding carboxylic acids is 1. The fraction of sp³-hybridized carbons (Fsp3) is 0.389. The molecule has 1 N–H and O–H groups in total. The van der Waals surface area contributed by atoms with Gasteiger partial charge in [0.15, 0.2) is 5.69 Å². The number of aromatic nitrogens is 2. The van der Waals surface area contributed by atoms with Gasteiger partial charge in [-0.05, 0) is 24.6 Å². The van der Waals surface area contributed by atoms with Gasteiger partial charge in [0, 0.05) is 19.2 Å². The van der Waals surface area contributed by atoms with Gasteiger partial charge in [-0.25, -0.2) is 0 Å². The van der Waals surface area contributed by atoms with E-state index in [9.17, 15) is 9.90 Å². The van der Waals surface area contributed by atoms with Crippen molar-refractivity contribution >= 4 is 5.91 Å². The lowest BCUT2D eigenvalue weighted by Gasteiger charge is -2.41. The van der Waals surface area contributed by atoms with Gasteiger partial charge in [-0.2, -0.15) is 5.10 Å². The number of carbonyl (C=O) groups is 1. The van der Waals surface area contributed by atoms with E-state index in [0.717, 1.165) is 11.1 Å². The van der Waals surface area contributed by atoms with Gasteiger partial charge in [0.1, 0.15) is 5.60 Å². The SMILES string of the molecule is Cc1cccc(C[C@@]2(CO)CN(C(=O)c3cccnn3)CCO2)c1. The number of aryl methyl sites for hydroxylation is 1. The number of aliphatic hydroxyl groups is 1. The first-order chi connectivity index (χ1) is 11.6. The van der Waals surface area contributed by atoms with Crippen LogP contribution < -0.4 is 0 Å². The highest BCUT2D eigenvalue weighted by Crippen LogP contribution is 2.24. The van der Waals surface area contributed by atoms with Crippen LogP contribution in [0.25, 0.3) is 0 Å². The summed E-state index contributed by atoms with van der Waals surface area (Å²) in [5.41, 5.74) is 1.76. The molecule has 1 saturated heterocycles. The van der Waals surface area contributed by atoms with Crippen LogP contribution in [-0.4, -0.2) is 58.0 Å². The Morgan fingerprint density at radius 3 is 2.96 bits per heavy atom. The van der Waals surface area contributed by atoms with E-state index in [-0.39, 0.29) is 12.5 Å². The number of nitrogens with zero attached hydrogens (tertiary/aromatic N) is 3. The fourth-order valence-corrected chi connectivity index (χ4v) is 3.05. The van der Waals surface area contributed by atoms with E-state index in [1.54, 1.807) is 17.0 Å². The van der Waals surface area contributed by atoms with Crippen LogP contribution in [0.5, 0.6) is 0 Å². The van der Waals surface area contributed by atoms with E-state index in [1.165, 1.54) is 6.20 Å². The van der Waals surface area contributed by atoms with E-state index >= 15 is 0 Å². The second kappa shape index (κ2) is 7.07. The maximum absolute atomic E-state index is 12.6. The molecule has 3 rings (SSSR count). The van der Waals surface area contributed by atoms with E-state index < -0.39 is 5.60 Å². The van der Waals surface area contributed by atoms with Crippen LogP contribution in [0.3, 0.4) is 0 Å². The molecule has 0 saturated carbocycles. The summed E-state index contributed by atoms with van der Waals surface area (Å²) in [6.07, 6.45) is 2.08. The first-order valence-corrected chi connectivity index (χ1v) is 7.99. The van der Waals surface area contributed by atoms with Gasteiger partial charge in [-0.15, -0.1) is 5.10 Å². The van der Waals surface area contributed by atoms with E-state index in [4.69, 9.17) is 4.74 Å².